The van der Waals surface area contributed by atoms with Gasteiger partial charge in [0.1, 0.15) is 5.41 Å². The smallest absolute Gasteiger partial charge is 0.236 e. The second-order valence-corrected chi connectivity index (χ2v) is 5.91. The van der Waals surface area contributed by atoms with Crippen molar-refractivity contribution < 1.29 is 14.7 Å². The Morgan fingerprint density at radius 1 is 1.45 bits per heavy atom. The molecule has 20 heavy (non-hydrogen) atoms. The molecule has 1 amide bonds. The Balaban J connectivity index is 2.94. The first-order valence-corrected chi connectivity index (χ1v) is 7.24. The van der Waals surface area contributed by atoms with E-state index in [-0.39, 0.29) is 11.7 Å². The van der Waals surface area contributed by atoms with Crippen LogP contribution in [0.3, 0.4) is 0 Å². The van der Waals surface area contributed by atoms with Crippen LogP contribution in [0.5, 0.6) is 0 Å². The average Bonchev–Trinajstić information content (AvgIpc) is 2.92. The van der Waals surface area contributed by atoms with Crippen molar-refractivity contribution in [2.24, 2.45) is 22.2 Å². The molecular formula is C14H27N3O3. The lowest BCUT2D eigenvalue weighted by molar-refractivity contribution is -0.139. The number of methoxy groups -OCH3 is 1. The summed E-state index contributed by atoms with van der Waals surface area (Å²) >= 11 is 0. The summed E-state index contributed by atoms with van der Waals surface area (Å²) in [5.41, 5.74) is 5.01. The number of amides is 1. The van der Waals surface area contributed by atoms with Crippen molar-refractivity contribution in [2.75, 3.05) is 26.8 Å². The zero-order valence-corrected chi connectivity index (χ0v) is 12.8. The van der Waals surface area contributed by atoms with E-state index in [1.165, 1.54) is 0 Å². The Labute approximate surface area is 120 Å². The monoisotopic (exact) mass is 285 g/mol. The molecule has 0 saturated heterocycles. The van der Waals surface area contributed by atoms with Gasteiger partial charge in [-0.2, -0.15) is 0 Å². The second-order valence-electron chi connectivity index (χ2n) is 5.91. The molecule has 0 atom stereocenters. The fraction of sp³-hybridized carbons (Fsp3) is 0.857. The van der Waals surface area contributed by atoms with E-state index in [1.807, 2.05) is 0 Å². The molecule has 6 nitrogen and oxygen atoms in total. The molecule has 3 N–H and O–H groups in total. The van der Waals surface area contributed by atoms with Gasteiger partial charge in [0.25, 0.3) is 0 Å². The SMILES string of the molecule is COCCN(CC(C)C)C(=O)C1(C(N)=NO)CCCC1. The molecular weight excluding hydrogens is 258 g/mol. The summed E-state index contributed by atoms with van der Waals surface area (Å²) in [4.78, 5) is 14.7. The molecule has 0 radical (unpaired) electrons. The molecule has 0 spiro atoms. The molecule has 1 fully saturated rings. The maximum atomic E-state index is 12.9. The van der Waals surface area contributed by atoms with Crippen molar-refractivity contribution in [1.29, 1.82) is 0 Å². The summed E-state index contributed by atoms with van der Waals surface area (Å²) < 4.78 is 5.08. The van der Waals surface area contributed by atoms with Gasteiger partial charge < -0.3 is 20.6 Å². The van der Waals surface area contributed by atoms with E-state index in [0.717, 1.165) is 12.8 Å². The third-order valence-electron chi connectivity index (χ3n) is 3.90. The maximum absolute atomic E-state index is 12.9. The van der Waals surface area contributed by atoms with Crippen LogP contribution in [0.4, 0.5) is 0 Å². The van der Waals surface area contributed by atoms with Gasteiger partial charge in [-0.25, -0.2) is 0 Å². The summed E-state index contributed by atoms with van der Waals surface area (Å²) in [6.07, 6.45) is 3.18. The Hall–Kier alpha value is -1.30. The van der Waals surface area contributed by atoms with Gasteiger partial charge in [0.2, 0.25) is 5.91 Å². The molecule has 1 rings (SSSR count). The fourth-order valence-corrected chi connectivity index (χ4v) is 2.87. The number of nitrogens with zero attached hydrogens (tertiary/aromatic N) is 2. The van der Waals surface area contributed by atoms with Gasteiger partial charge in [-0.1, -0.05) is 31.8 Å². The topological polar surface area (TPSA) is 88.2 Å². The van der Waals surface area contributed by atoms with Gasteiger partial charge in [-0.05, 0) is 18.8 Å². The normalized spacial score (nSPS) is 18.5. The van der Waals surface area contributed by atoms with Crippen LogP contribution in [0.1, 0.15) is 39.5 Å². The van der Waals surface area contributed by atoms with Crippen molar-refractivity contribution in [3.63, 3.8) is 0 Å². The summed E-state index contributed by atoms with van der Waals surface area (Å²) in [7, 11) is 1.62. The lowest BCUT2D eigenvalue weighted by atomic mass is 9.83. The largest absolute Gasteiger partial charge is 0.409 e. The molecule has 116 valence electrons. The van der Waals surface area contributed by atoms with Gasteiger partial charge in [0.15, 0.2) is 5.84 Å². The third kappa shape index (κ3) is 3.62. The number of oxime groups is 1. The Kier molecular flexibility index (Phi) is 6.26. The van der Waals surface area contributed by atoms with Crippen molar-refractivity contribution in [2.45, 2.75) is 39.5 Å². The highest BCUT2D eigenvalue weighted by Crippen LogP contribution is 2.40. The van der Waals surface area contributed by atoms with Crippen LogP contribution in [0.15, 0.2) is 5.16 Å². The highest BCUT2D eigenvalue weighted by Gasteiger charge is 2.47. The van der Waals surface area contributed by atoms with Gasteiger partial charge >= 0.3 is 0 Å². The first-order chi connectivity index (χ1) is 9.47. The number of hydrogen-bond donors (Lipinski definition) is 2. The van der Waals surface area contributed by atoms with Crippen LogP contribution in [-0.2, 0) is 9.53 Å². The number of carbonyl (C=O) groups is 1. The molecule has 1 aliphatic carbocycles. The second kappa shape index (κ2) is 7.47. The molecule has 0 aliphatic heterocycles. The van der Waals surface area contributed by atoms with E-state index >= 15 is 0 Å². The summed E-state index contributed by atoms with van der Waals surface area (Å²) in [5.74, 6) is 0.378. The quantitative estimate of drug-likeness (QED) is 0.320. The highest BCUT2D eigenvalue weighted by molar-refractivity contribution is 6.07. The van der Waals surface area contributed by atoms with Gasteiger partial charge in [-0.3, -0.25) is 4.79 Å². The summed E-state index contributed by atoms with van der Waals surface area (Å²) in [6, 6.07) is 0. The van der Waals surface area contributed by atoms with E-state index in [1.54, 1.807) is 12.0 Å². The first-order valence-electron chi connectivity index (χ1n) is 7.24. The zero-order valence-electron chi connectivity index (χ0n) is 12.8. The minimum atomic E-state index is -0.822. The molecule has 1 aliphatic rings. The Morgan fingerprint density at radius 3 is 2.50 bits per heavy atom. The first kappa shape index (κ1) is 16.8. The molecule has 0 aromatic rings. The number of ether oxygens (including phenoxy) is 1. The van der Waals surface area contributed by atoms with Crippen molar-refractivity contribution in [1.82, 2.24) is 4.90 Å². The molecule has 6 heteroatoms. The summed E-state index contributed by atoms with van der Waals surface area (Å²) in [5, 5.41) is 12.1. The minimum absolute atomic E-state index is 0.0314. The van der Waals surface area contributed by atoms with E-state index in [9.17, 15) is 4.79 Å². The number of hydrogen-bond acceptors (Lipinski definition) is 4. The maximum Gasteiger partial charge on any atom is 0.236 e. The van der Waals surface area contributed by atoms with Gasteiger partial charge in [0.05, 0.1) is 6.61 Å². The van der Waals surface area contributed by atoms with Crippen LogP contribution in [0, 0.1) is 11.3 Å². The van der Waals surface area contributed by atoms with E-state index in [0.29, 0.717) is 38.5 Å². The molecule has 0 aromatic heterocycles. The fourth-order valence-electron chi connectivity index (χ4n) is 2.87. The van der Waals surface area contributed by atoms with Gasteiger partial charge in [-0.15, -0.1) is 0 Å². The molecule has 0 aromatic carbocycles. The Bertz CT molecular complexity index is 350. The third-order valence-corrected chi connectivity index (χ3v) is 3.90. The molecule has 0 heterocycles. The number of nitrogens with two attached hydrogens (primary N) is 1. The van der Waals surface area contributed by atoms with Crippen LogP contribution in [0.2, 0.25) is 0 Å². The van der Waals surface area contributed by atoms with Gasteiger partial charge in [0, 0.05) is 20.2 Å². The van der Waals surface area contributed by atoms with Crippen LogP contribution in [-0.4, -0.2) is 48.7 Å². The standard InChI is InChI=1S/C14H27N3O3/c1-11(2)10-17(8-9-20-3)13(18)14(12(15)16-19)6-4-5-7-14/h11,19H,4-10H2,1-3H3,(H2,15,16). The van der Waals surface area contributed by atoms with Crippen molar-refractivity contribution in [3.8, 4) is 0 Å². The number of carbonyl (C=O) groups excluding carboxylic acids is 1. The highest BCUT2D eigenvalue weighted by atomic mass is 16.5. The molecule has 0 bridgehead atoms. The van der Waals surface area contributed by atoms with Crippen LogP contribution < -0.4 is 5.73 Å². The molecule has 0 unspecified atom stereocenters. The summed E-state index contributed by atoms with van der Waals surface area (Å²) in [6.45, 7) is 5.82. The lowest BCUT2D eigenvalue weighted by Crippen LogP contribution is -2.51. The van der Waals surface area contributed by atoms with Crippen LogP contribution in [0.25, 0.3) is 0 Å². The van der Waals surface area contributed by atoms with E-state index in [4.69, 9.17) is 15.7 Å². The lowest BCUT2D eigenvalue weighted by Gasteiger charge is -2.34. The predicted molar refractivity (Wildman–Crippen MR) is 77.6 cm³/mol. The zero-order chi connectivity index (χ0) is 15.2. The van der Waals surface area contributed by atoms with Crippen LogP contribution >= 0.6 is 0 Å². The number of amidine groups is 1. The minimum Gasteiger partial charge on any atom is -0.409 e. The van der Waals surface area contributed by atoms with E-state index in [2.05, 4.69) is 19.0 Å². The van der Waals surface area contributed by atoms with Crippen molar-refractivity contribution in [3.05, 3.63) is 0 Å². The molecule has 1 saturated carbocycles. The van der Waals surface area contributed by atoms with Crippen molar-refractivity contribution >= 4 is 11.7 Å². The average molecular weight is 285 g/mol. The van der Waals surface area contributed by atoms with E-state index < -0.39 is 5.41 Å². The Morgan fingerprint density at radius 2 is 2.05 bits per heavy atom. The number of rotatable bonds is 7. The predicted octanol–water partition coefficient (Wildman–Crippen LogP) is 1.42.